The molecule has 2 fully saturated rings. The fourth-order valence-electron chi connectivity index (χ4n) is 4.10. The van der Waals surface area contributed by atoms with E-state index >= 15 is 0 Å². The second kappa shape index (κ2) is 8.59. The Labute approximate surface area is 172 Å². The molecule has 1 amide bonds. The second-order valence-electron chi connectivity index (χ2n) is 7.39. The standard InChI is InChI=1S/C19H25N5O.2ClH/c1-14-4-3-7-22-17(14)18(25)24(13-16-21-10-11-23(16)2)15-12-19(15)5-8-20-9-6-19;;/h3-4,7,10-11,15,20H,5-6,8-9,12-13H2,1-2H3;2*1H. The van der Waals surface area contributed by atoms with Gasteiger partial charge in [0, 0.05) is 31.7 Å². The smallest absolute Gasteiger partial charge is 0.273 e. The molecule has 2 aliphatic rings. The topological polar surface area (TPSA) is 63.1 Å². The fourth-order valence-corrected chi connectivity index (χ4v) is 4.10. The molecule has 1 saturated heterocycles. The Bertz CT molecular complexity index is 788. The number of carbonyl (C=O) groups excluding carboxylic acids is 1. The minimum atomic E-state index is 0. The van der Waals surface area contributed by atoms with Crippen LogP contribution >= 0.6 is 24.8 Å². The number of aromatic nitrogens is 3. The molecule has 2 aromatic rings. The molecule has 0 bridgehead atoms. The maximum absolute atomic E-state index is 13.3. The molecule has 1 unspecified atom stereocenters. The van der Waals surface area contributed by atoms with E-state index in [4.69, 9.17) is 0 Å². The maximum atomic E-state index is 13.3. The van der Waals surface area contributed by atoms with Crippen LogP contribution in [-0.2, 0) is 13.6 Å². The lowest BCUT2D eigenvalue weighted by Crippen LogP contribution is -2.40. The molecular formula is C19H27Cl2N5O. The molecule has 2 aromatic heterocycles. The number of hydrogen-bond donors (Lipinski definition) is 1. The van der Waals surface area contributed by atoms with Crippen molar-refractivity contribution >= 4 is 30.7 Å². The van der Waals surface area contributed by atoms with Crippen molar-refractivity contribution < 1.29 is 4.79 Å². The van der Waals surface area contributed by atoms with Crippen LogP contribution in [0.1, 0.15) is 41.1 Å². The second-order valence-corrected chi connectivity index (χ2v) is 7.39. The molecule has 3 heterocycles. The third-order valence-corrected chi connectivity index (χ3v) is 5.83. The molecule has 0 radical (unpaired) electrons. The van der Waals surface area contributed by atoms with Gasteiger partial charge in [0.05, 0.1) is 6.54 Å². The molecule has 0 aromatic carbocycles. The Morgan fingerprint density at radius 2 is 2.04 bits per heavy atom. The summed E-state index contributed by atoms with van der Waals surface area (Å²) in [6.07, 6.45) is 8.80. The summed E-state index contributed by atoms with van der Waals surface area (Å²) in [5.41, 5.74) is 1.78. The minimum absolute atomic E-state index is 0. The van der Waals surface area contributed by atoms with Crippen molar-refractivity contribution in [2.24, 2.45) is 12.5 Å². The Balaban J connectivity index is 0.00000131. The summed E-state index contributed by atoms with van der Waals surface area (Å²) in [6.45, 7) is 4.58. The quantitative estimate of drug-likeness (QED) is 0.839. The lowest BCUT2D eigenvalue weighted by Gasteiger charge is -2.29. The fraction of sp³-hybridized carbons (Fsp3) is 0.526. The van der Waals surface area contributed by atoms with Crippen LogP contribution in [0.3, 0.4) is 0 Å². The largest absolute Gasteiger partial charge is 0.337 e. The SMILES string of the molecule is Cc1cccnc1C(=O)N(Cc1nccn1C)C1CC12CCNCC2.Cl.Cl. The van der Waals surface area contributed by atoms with Gasteiger partial charge in [0.1, 0.15) is 11.5 Å². The third-order valence-electron chi connectivity index (χ3n) is 5.83. The number of amides is 1. The van der Waals surface area contributed by atoms with Gasteiger partial charge in [0.2, 0.25) is 0 Å². The Morgan fingerprint density at radius 3 is 2.67 bits per heavy atom. The zero-order chi connectivity index (χ0) is 17.4. The van der Waals surface area contributed by atoms with Gasteiger partial charge in [-0.1, -0.05) is 6.07 Å². The normalized spacial score (nSPS) is 19.7. The Hall–Kier alpha value is -1.63. The number of nitrogens with one attached hydrogen (secondary N) is 1. The molecule has 6 nitrogen and oxygen atoms in total. The van der Waals surface area contributed by atoms with E-state index in [1.54, 1.807) is 12.4 Å². The van der Waals surface area contributed by atoms with E-state index in [1.807, 2.05) is 41.8 Å². The number of hydrogen-bond acceptors (Lipinski definition) is 4. The number of imidazole rings is 1. The van der Waals surface area contributed by atoms with Crippen molar-refractivity contribution in [1.82, 2.24) is 24.8 Å². The first-order valence-corrected chi connectivity index (χ1v) is 9.00. The molecule has 4 rings (SSSR count). The van der Waals surface area contributed by atoms with E-state index in [1.165, 1.54) is 0 Å². The number of carbonyl (C=O) groups is 1. The van der Waals surface area contributed by atoms with Gasteiger partial charge in [0.15, 0.2) is 0 Å². The van der Waals surface area contributed by atoms with Crippen LogP contribution in [0.5, 0.6) is 0 Å². The van der Waals surface area contributed by atoms with E-state index in [-0.39, 0.29) is 36.1 Å². The first-order chi connectivity index (χ1) is 12.1. The molecule has 148 valence electrons. The molecular weight excluding hydrogens is 385 g/mol. The predicted molar refractivity (Wildman–Crippen MR) is 109 cm³/mol. The number of rotatable bonds is 4. The Morgan fingerprint density at radius 1 is 1.30 bits per heavy atom. The highest BCUT2D eigenvalue weighted by molar-refractivity contribution is 5.94. The summed E-state index contributed by atoms with van der Waals surface area (Å²) in [6, 6.07) is 4.12. The zero-order valence-corrected chi connectivity index (χ0v) is 17.4. The summed E-state index contributed by atoms with van der Waals surface area (Å²) in [5, 5.41) is 3.43. The first kappa shape index (κ1) is 21.7. The van der Waals surface area contributed by atoms with E-state index < -0.39 is 0 Å². The van der Waals surface area contributed by atoms with Crippen molar-refractivity contribution in [2.45, 2.75) is 38.8 Å². The number of pyridine rings is 1. The number of halogens is 2. The van der Waals surface area contributed by atoms with Crippen LogP contribution in [0, 0.1) is 12.3 Å². The summed E-state index contributed by atoms with van der Waals surface area (Å²) in [4.78, 5) is 24.1. The van der Waals surface area contributed by atoms with Gasteiger partial charge < -0.3 is 14.8 Å². The van der Waals surface area contributed by atoms with Crippen LogP contribution in [0.25, 0.3) is 0 Å². The van der Waals surface area contributed by atoms with Gasteiger partial charge in [-0.3, -0.25) is 9.78 Å². The monoisotopic (exact) mass is 411 g/mol. The summed E-state index contributed by atoms with van der Waals surface area (Å²) >= 11 is 0. The molecule has 1 aliphatic heterocycles. The van der Waals surface area contributed by atoms with Gasteiger partial charge in [-0.25, -0.2) is 4.98 Å². The Kier molecular flexibility index (Phi) is 6.89. The van der Waals surface area contributed by atoms with Gasteiger partial charge in [-0.15, -0.1) is 24.8 Å². The van der Waals surface area contributed by atoms with Crippen LogP contribution in [-0.4, -0.2) is 44.5 Å². The zero-order valence-electron chi connectivity index (χ0n) is 15.7. The third kappa shape index (κ3) is 4.13. The maximum Gasteiger partial charge on any atom is 0.273 e. The highest BCUT2D eigenvalue weighted by Crippen LogP contribution is 2.56. The van der Waals surface area contributed by atoms with Crippen LogP contribution in [0.4, 0.5) is 0 Å². The van der Waals surface area contributed by atoms with Crippen molar-refractivity contribution in [3.63, 3.8) is 0 Å². The van der Waals surface area contributed by atoms with Crippen LogP contribution in [0.2, 0.25) is 0 Å². The summed E-state index contributed by atoms with van der Waals surface area (Å²) in [5.74, 6) is 0.944. The van der Waals surface area contributed by atoms with Gasteiger partial charge in [-0.2, -0.15) is 0 Å². The average molecular weight is 412 g/mol. The molecule has 27 heavy (non-hydrogen) atoms. The molecule has 1 atom stereocenters. The molecule has 1 aliphatic carbocycles. The number of nitrogens with zero attached hydrogens (tertiary/aromatic N) is 4. The van der Waals surface area contributed by atoms with E-state index in [2.05, 4.69) is 15.3 Å². The van der Waals surface area contributed by atoms with E-state index in [0.29, 0.717) is 18.3 Å². The molecule has 1 N–H and O–H groups in total. The lowest BCUT2D eigenvalue weighted by molar-refractivity contribution is 0.0678. The van der Waals surface area contributed by atoms with Crippen molar-refractivity contribution in [3.05, 3.63) is 47.8 Å². The van der Waals surface area contributed by atoms with Crippen molar-refractivity contribution in [3.8, 4) is 0 Å². The van der Waals surface area contributed by atoms with Gasteiger partial charge in [-0.05, 0) is 56.3 Å². The van der Waals surface area contributed by atoms with Crippen LogP contribution in [0.15, 0.2) is 30.7 Å². The van der Waals surface area contributed by atoms with Gasteiger partial charge in [0.25, 0.3) is 5.91 Å². The summed E-state index contributed by atoms with van der Waals surface area (Å²) in [7, 11) is 1.98. The molecule has 1 saturated carbocycles. The average Bonchev–Trinajstić information content (AvgIpc) is 3.13. The van der Waals surface area contributed by atoms with Crippen molar-refractivity contribution in [1.29, 1.82) is 0 Å². The predicted octanol–water partition coefficient (Wildman–Crippen LogP) is 2.75. The number of piperidine rings is 1. The number of aryl methyl sites for hydroxylation is 2. The lowest BCUT2D eigenvalue weighted by atomic mass is 9.93. The van der Waals surface area contributed by atoms with E-state index in [9.17, 15) is 4.79 Å². The molecule has 8 heteroatoms. The summed E-state index contributed by atoms with van der Waals surface area (Å²) < 4.78 is 1.99. The van der Waals surface area contributed by atoms with E-state index in [0.717, 1.165) is 43.7 Å². The molecule has 1 spiro atoms. The van der Waals surface area contributed by atoms with Gasteiger partial charge >= 0.3 is 0 Å². The van der Waals surface area contributed by atoms with Crippen molar-refractivity contribution in [2.75, 3.05) is 13.1 Å². The van der Waals surface area contributed by atoms with Crippen LogP contribution < -0.4 is 5.32 Å². The first-order valence-electron chi connectivity index (χ1n) is 9.00. The highest BCUT2D eigenvalue weighted by atomic mass is 35.5. The highest BCUT2D eigenvalue weighted by Gasteiger charge is 2.58. The minimum Gasteiger partial charge on any atom is -0.337 e.